The number of nitrogens with one attached hydrogen (secondary N) is 2. The Kier molecular flexibility index (Phi) is 6.98. The third-order valence-corrected chi connectivity index (χ3v) is 2.96. The number of hydrogen-bond donors (Lipinski definition) is 3. The molecule has 0 saturated heterocycles. The van der Waals surface area contributed by atoms with E-state index in [0.29, 0.717) is 12.3 Å². The van der Waals surface area contributed by atoms with Gasteiger partial charge in [0, 0.05) is 17.8 Å². The fraction of sp³-hybridized carbons (Fsp3) is 0.429. The van der Waals surface area contributed by atoms with Gasteiger partial charge in [0.05, 0.1) is 18.2 Å². The topological polar surface area (TPSA) is 87.7 Å². The van der Waals surface area contributed by atoms with E-state index in [1.807, 2.05) is 6.92 Å². The second kappa shape index (κ2) is 8.49. The number of carboxylic acids is 1. The summed E-state index contributed by atoms with van der Waals surface area (Å²) in [5, 5.41) is 14.5. The van der Waals surface area contributed by atoms with Crippen molar-refractivity contribution in [3.05, 3.63) is 28.8 Å². The summed E-state index contributed by atoms with van der Waals surface area (Å²) in [6.07, 6.45) is 1.70. The molecule has 3 N–H and O–H groups in total. The second-order valence-corrected chi connectivity index (χ2v) is 5.01. The quantitative estimate of drug-likeness (QED) is 0.722. The summed E-state index contributed by atoms with van der Waals surface area (Å²) in [4.78, 5) is 22.8. The molecular weight excluding hydrogens is 296 g/mol. The predicted octanol–water partition coefficient (Wildman–Crippen LogP) is 2.97. The first kappa shape index (κ1) is 17.3. The molecule has 2 amide bonds. The standard InChI is InChI=1S/C14H19ClN2O4/c1-3-4-11(8-21-2)16-14(20)17-12-6-9(13(18)19)5-10(15)7-12/h5-7,11H,3-4,8H2,1-2H3,(H,18,19)(H2,16,17,20). The molecule has 6 nitrogen and oxygen atoms in total. The van der Waals surface area contributed by atoms with Crippen LogP contribution in [0.5, 0.6) is 0 Å². The van der Waals surface area contributed by atoms with Crippen molar-refractivity contribution >= 4 is 29.3 Å². The fourth-order valence-corrected chi connectivity index (χ4v) is 2.12. The van der Waals surface area contributed by atoms with E-state index in [4.69, 9.17) is 21.4 Å². The van der Waals surface area contributed by atoms with Crippen LogP contribution in [-0.4, -0.2) is 36.9 Å². The Morgan fingerprint density at radius 2 is 2.10 bits per heavy atom. The SMILES string of the molecule is CCCC(COC)NC(=O)Nc1cc(Cl)cc(C(=O)O)c1. The van der Waals surface area contributed by atoms with Crippen molar-refractivity contribution in [2.24, 2.45) is 0 Å². The molecule has 7 heteroatoms. The van der Waals surface area contributed by atoms with Gasteiger partial charge in [0.1, 0.15) is 0 Å². The van der Waals surface area contributed by atoms with Crippen LogP contribution < -0.4 is 10.6 Å². The minimum absolute atomic E-state index is 0.0137. The molecule has 0 bridgehead atoms. The third-order valence-electron chi connectivity index (χ3n) is 2.74. The lowest BCUT2D eigenvalue weighted by atomic mass is 10.2. The van der Waals surface area contributed by atoms with Crippen LogP contribution in [0.1, 0.15) is 30.1 Å². The highest BCUT2D eigenvalue weighted by Crippen LogP contribution is 2.19. The van der Waals surface area contributed by atoms with Crippen molar-refractivity contribution in [2.45, 2.75) is 25.8 Å². The van der Waals surface area contributed by atoms with Gasteiger partial charge in [0.15, 0.2) is 0 Å². The van der Waals surface area contributed by atoms with Crippen LogP contribution in [0.4, 0.5) is 10.5 Å². The lowest BCUT2D eigenvalue weighted by Crippen LogP contribution is -2.40. The van der Waals surface area contributed by atoms with Gasteiger partial charge in [-0.3, -0.25) is 0 Å². The Morgan fingerprint density at radius 3 is 2.67 bits per heavy atom. The van der Waals surface area contributed by atoms with Gasteiger partial charge in [0.2, 0.25) is 0 Å². The molecule has 1 atom stereocenters. The maximum Gasteiger partial charge on any atom is 0.335 e. The van der Waals surface area contributed by atoms with E-state index in [1.54, 1.807) is 7.11 Å². The number of methoxy groups -OCH3 is 1. The molecule has 0 heterocycles. The fourth-order valence-electron chi connectivity index (χ4n) is 1.88. The highest BCUT2D eigenvalue weighted by atomic mass is 35.5. The van der Waals surface area contributed by atoms with Crippen molar-refractivity contribution < 1.29 is 19.4 Å². The number of benzene rings is 1. The predicted molar refractivity (Wildman–Crippen MR) is 81.1 cm³/mol. The Morgan fingerprint density at radius 1 is 1.38 bits per heavy atom. The van der Waals surface area contributed by atoms with E-state index in [-0.39, 0.29) is 16.6 Å². The second-order valence-electron chi connectivity index (χ2n) is 4.57. The Labute approximate surface area is 128 Å². The van der Waals surface area contributed by atoms with Crippen LogP contribution in [0.2, 0.25) is 5.02 Å². The molecule has 0 radical (unpaired) electrons. The Bertz CT molecular complexity index is 502. The third kappa shape index (κ3) is 6.01. The van der Waals surface area contributed by atoms with E-state index < -0.39 is 12.0 Å². The van der Waals surface area contributed by atoms with Gasteiger partial charge in [-0.2, -0.15) is 0 Å². The van der Waals surface area contributed by atoms with E-state index in [9.17, 15) is 9.59 Å². The number of carboxylic acid groups (broad SMARTS) is 1. The van der Waals surface area contributed by atoms with E-state index in [1.165, 1.54) is 18.2 Å². The van der Waals surface area contributed by atoms with Gasteiger partial charge in [-0.15, -0.1) is 0 Å². The number of halogens is 1. The van der Waals surface area contributed by atoms with Crippen molar-refractivity contribution in [1.29, 1.82) is 0 Å². The number of ether oxygens (including phenoxy) is 1. The number of urea groups is 1. The van der Waals surface area contributed by atoms with Crippen LogP contribution in [0.25, 0.3) is 0 Å². The summed E-state index contributed by atoms with van der Waals surface area (Å²) < 4.78 is 5.04. The normalized spacial score (nSPS) is 11.8. The van der Waals surface area contributed by atoms with Gasteiger partial charge < -0.3 is 20.5 Å². The number of hydrogen-bond acceptors (Lipinski definition) is 3. The Hall–Kier alpha value is -1.79. The molecule has 1 rings (SSSR count). The maximum absolute atomic E-state index is 11.9. The van der Waals surface area contributed by atoms with Crippen molar-refractivity contribution in [3.63, 3.8) is 0 Å². The summed E-state index contributed by atoms with van der Waals surface area (Å²) in [7, 11) is 1.57. The number of rotatable bonds is 7. The molecule has 0 aromatic heterocycles. The molecule has 0 aliphatic rings. The monoisotopic (exact) mass is 314 g/mol. The molecule has 116 valence electrons. The minimum Gasteiger partial charge on any atom is -0.478 e. The van der Waals surface area contributed by atoms with Gasteiger partial charge >= 0.3 is 12.0 Å². The number of carbonyl (C=O) groups is 2. The molecule has 0 aliphatic heterocycles. The van der Waals surface area contributed by atoms with E-state index >= 15 is 0 Å². The van der Waals surface area contributed by atoms with Crippen LogP contribution in [0, 0.1) is 0 Å². The summed E-state index contributed by atoms with van der Waals surface area (Å²) in [6, 6.07) is 3.62. The number of amides is 2. The number of carbonyl (C=O) groups excluding carboxylic acids is 1. The molecule has 0 spiro atoms. The van der Waals surface area contributed by atoms with Gasteiger partial charge in [-0.05, 0) is 24.6 Å². The van der Waals surface area contributed by atoms with E-state index in [2.05, 4.69) is 10.6 Å². The largest absolute Gasteiger partial charge is 0.478 e. The molecule has 0 saturated carbocycles. The molecule has 1 aromatic rings. The average Bonchev–Trinajstić information content (AvgIpc) is 2.38. The van der Waals surface area contributed by atoms with Gasteiger partial charge in [-0.25, -0.2) is 9.59 Å². The Balaban J connectivity index is 2.71. The maximum atomic E-state index is 11.9. The highest BCUT2D eigenvalue weighted by Gasteiger charge is 2.13. The van der Waals surface area contributed by atoms with Gasteiger partial charge in [0.25, 0.3) is 0 Å². The zero-order chi connectivity index (χ0) is 15.8. The smallest absolute Gasteiger partial charge is 0.335 e. The van der Waals surface area contributed by atoms with Crippen LogP contribution in [-0.2, 0) is 4.74 Å². The van der Waals surface area contributed by atoms with Crippen LogP contribution >= 0.6 is 11.6 Å². The summed E-state index contributed by atoms with van der Waals surface area (Å²) in [5.41, 5.74) is 0.338. The average molecular weight is 315 g/mol. The first-order valence-corrected chi connectivity index (χ1v) is 6.94. The van der Waals surface area contributed by atoms with Gasteiger partial charge in [-0.1, -0.05) is 24.9 Å². The molecule has 0 fully saturated rings. The molecular formula is C14H19ClN2O4. The van der Waals surface area contributed by atoms with Crippen molar-refractivity contribution in [2.75, 3.05) is 19.0 Å². The molecule has 21 heavy (non-hydrogen) atoms. The summed E-state index contributed by atoms with van der Waals surface area (Å²) >= 11 is 5.83. The summed E-state index contributed by atoms with van der Waals surface area (Å²) in [6.45, 7) is 2.43. The lowest BCUT2D eigenvalue weighted by molar-refractivity contribution is 0.0697. The van der Waals surface area contributed by atoms with Crippen LogP contribution in [0.3, 0.4) is 0 Å². The molecule has 0 aliphatic carbocycles. The first-order valence-electron chi connectivity index (χ1n) is 6.56. The zero-order valence-corrected chi connectivity index (χ0v) is 12.7. The van der Waals surface area contributed by atoms with Crippen molar-refractivity contribution in [1.82, 2.24) is 5.32 Å². The van der Waals surface area contributed by atoms with Crippen molar-refractivity contribution in [3.8, 4) is 0 Å². The van der Waals surface area contributed by atoms with Crippen LogP contribution in [0.15, 0.2) is 18.2 Å². The minimum atomic E-state index is -1.11. The highest BCUT2D eigenvalue weighted by molar-refractivity contribution is 6.31. The molecule has 1 unspecified atom stereocenters. The zero-order valence-electron chi connectivity index (χ0n) is 12.0. The first-order chi connectivity index (χ1) is 9.96. The van der Waals surface area contributed by atoms with E-state index in [0.717, 1.165) is 12.8 Å². The number of anilines is 1. The lowest BCUT2D eigenvalue weighted by Gasteiger charge is -2.17. The number of aromatic carboxylic acids is 1. The summed E-state index contributed by atoms with van der Waals surface area (Å²) in [5.74, 6) is -1.11. The molecule has 1 aromatic carbocycles.